The van der Waals surface area contributed by atoms with Crippen molar-refractivity contribution in [3.63, 3.8) is 0 Å². The molecule has 2 rings (SSSR count). The molecule has 0 saturated heterocycles. The summed E-state index contributed by atoms with van der Waals surface area (Å²) in [6.45, 7) is 6.48. The lowest BCUT2D eigenvalue weighted by molar-refractivity contribution is -0.137. The second-order valence-corrected chi connectivity index (χ2v) is 5.90. The average Bonchev–Trinajstić information content (AvgIpc) is 2.62. The van der Waals surface area contributed by atoms with Crippen molar-refractivity contribution < 1.29 is 13.2 Å². The van der Waals surface area contributed by atoms with Crippen LogP contribution in [0.25, 0.3) is 0 Å². The van der Waals surface area contributed by atoms with Gasteiger partial charge in [0.2, 0.25) is 0 Å². The summed E-state index contributed by atoms with van der Waals surface area (Å²) in [6.07, 6.45) is -1.89. The number of nitrogens with one attached hydrogen (secondary N) is 2. The molecule has 27 heavy (non-hydrogen) atoms. The fourth-order valence-corrected chi connectivity index (χ4v) is 2.52. The summed E-state index contributed by atoms with van der Waals surface area (Å²) in [5, 5.41) is 7.20. The molecule has 2 aromatic carbocycles. The van der Waals surface area contributed by atoms with E-state index in [0.717, 1.165) is 41.2 Å². The first kappa shape index (κ1) is 20.5. The lowest BCUT2D eigenvalue weighted by Crippen LogP contribution is -2.14. The average molecular weight is 376 g/mol. The van der Waals surface area contributed by atoms with Crippen LogP contribution < -0.4 is 10.7 Å². The maximum Gasteiger partial charge on any atom is 0.416 e. The Kier molecular flexibility index (Phi) is 6.98. The van der Waals surface area contributed by atoms with Crippen LogP contribution in [0.5, 0.6) is 0 Å². The first-order valence-corrected chi connectivity index (χ1v) is 8.70. The van der Waals surface area contributed by atoms with E-state index < -0.39 is 11.7 Å². The molecule has 0 atom stereocenters. The molecule has 0 heterocycles. The summed E-state index contributed by atoms with van der Waals surface area (Å²) >= 11 is 0. The number of anilines is 2. The van der Waals surface area contributed by atoms with Gasteiger partial charge in [0.25, 0.3) is 0 Å². The third kappa shape index (κ3) is 6.13. The highest BCUT2D eigenvalue weighted by atomic mass is 19.4. The van der Waals surface area contributed by atoms with Crippen LogP contribution in [0, 0.1) is 0 Å². The molecule has 0 aliphatic rings. The van der Waals surface area contributed by atoms with Crippen molar-refractivity contribution in [1.29, 1.82) is 0 Å². The molecule has 0 radical (unpaired) electrons. The van der Waals surface area contributed by atoms with Crippen LogP contribution in [-0.4, -0.2) is 18.6 Å². The van der Waals surface area contributed by atoms with Crippen LogP contribution >= 0.6 is 0 Å². The smallest absolute Gasteiger partial charge is 0.356 e. The summed E-state index contributed by atoms with van der Waals surface area (Å²) in [5.74, 6) is 0.731. The highest BCUT2D eigenvalue weighted by Crippen LogP contribution is 2.31. The predicted octanol–water partition coefficient (Wildman–Crippen LogP) is 5.37. The first-order chi connectivity index (χ1) is 12.8. The fraction of sp³-hybridized carbons (Fsp3) is 0.300. The summed E-state index contributed by atoms with van der Waals surface area (Å²) in [4.78, 5) is 4.19. The van der Waals surface area contributed by atoms with Gasteiger partial charge in [-0.25, -0.2) is 0 Å². The highest BCUT2D eigenvalue weighted by Gasteiger charge is 2.30. The Morgan fingerprint density at radius 3 is 2.48 bits per heavy atom. The number of aryl methyl sites for hydroxylation is 1. The molecule has 0 saturated carbocycles. The standard InChI is InChI=1S/C20H23F3N4/c1-4-15-11-19(10-9-16(15)13-25-27-14(3)24-5-2)26-18-8-6-7-17(12-18)20(21,22)23/h6-13,26H,4-5H2,1-3H3,(H,24,27)/b25-13+. The third-order valence-electron chi connectivity index (χ3n) is 3.83. The van der Waals surface area contributed by atoms with E-state index in [1.165, 1.54) is 6.07 Å². The molecule has 7 heteroatoms. The molecule has 2 aromatic rings. The van der Waals surface area contributed by atoms with E-state index >= 15 is 0 Å². The number of hydrogen-bond donors (Lipinski definition) is 2. The summed E-state index contributed by atoms with van der Waals surface area (Å²) in [7, 11) is 0. The van der Waals surface area contributed by atoms with E-state index in [0.29, 0.717) is 12.2 Å². The Labute approximate surface area is 157 Å². The molecule has 0 fully saturated rings. The Hall–Kier alpha value is -2.83. The minimum atomic E-state index is -4.36. The topological polar surface area (TPSA) is 48.8 Å². The second kappa shape index (κ2) is 9.21. The molecule has 0 aliphatic heterocycles. The Balaban J connectivity index is 2.16. The van der Waals surface area contributed by atoms with E-state index in [9.17, 15) is 13.2 Å². The number of halogens is 3. The van der Waals surface area contributed by atoms with Crippen molar-refractivity contribution in [2.24, 2.45) is 10.1 Å². The molecular weight excluding hydrogens is 353 g/mol. The van der Waals surface area contributed by atoms with Gasteiger partial charge in [-0.2, -0.15) is 18.3 Å². The number of hydrazone groups is 1. The number of alkyl halides is 3. The highest BCUT2D eigenvalue weighted by molar-refractivity contribution is 5.85. The van der Waals surface area contributed by atoms with Crippen LogP contribution in [-0.2, 0) is 12.6 Å². The monoisotopic (exact) mass is 376 g/mol. The number of nitrogens with zero attached hydrogens (tertiary/aromatic N) is 2. The van der Waals surface area contributed by atoms with Crippen LogP contribution in [0.3, 0.4) is 0 Å². The van der Waals surface area contributed by atoms with Gasteiger partial charge < -0.3 is 5.32 Å². The van der Waals surface area contributed by atoms with Gasteiger partial charge in [0.15, 0.2) is 0 Å². The molecule has 0 aliphatic carbocycles. The van der Waals surface area contributed by atoms with Crippen molar-refractivity contribution >= 4 is 23.4 Å². The Morgan fingerprint density at radius 2 is 1.81 bits per heavy atom. The quantitative estimate of drug-likeness (QED) is 0.404. The summed E-state index contributed by atoms with van der Waals surface area (Å²) in [6, 6.07) is 10.8. The zero-order valence-electron chi connectivity index (χ0n) is 15.6. The first-order valence-electron chi connectivity index (χ1n) is 8.70. The van der Waals surface area contributed by atoms with E-state index in [-0.39, 0.29) is 0 Å². The molecule has 0 spiro atoms. The van der Waals surface area contributed by atoms with Gasteiger partial charge in [-0.15, -0.1) is 0 Å². The van der Waals surface area contributed by atoms with Crippen molar-refractivity contribution in [2.45, 2.75) is 33.4 Å². The molecule has 0 amide bonds. The number of rotatable bonds is 6. The Morgan fingerprint density at radius 1 is 1.07 bits per heavy atom. The zero-order chi connectivity index (χ0) is 19.9. The van der Waals surface area contributed by atoms with Gasteiger partial charge in [-0.3, -0.25) is 10.4 Å². The van der Waals surface area contributed by atoms with Crippen molar-refractivity contribution in [2.75, 3.05) is 11.9 Å². The van der Waals surface area contributed by atoms with Gasteiger partial charge in [0.1, 0.15) is 5.84 Å². The van der Waals surface area contributed by atoms with Gasteiger partial charge in [0.05, 0.1) is 11.8 Å². The fourth-order valence-electron chi connectivity index (χ4n) is 2.52. The van der Waals surface area contributed by atoms with Crippen LogP contribution in [0.4, 0.5) is 24.5 Å². The predicted molar refractivity (Wildman–Crippen MR) is 105 cm³/mol. The van der Waals surface area contributed by atoms with Crippen LogP contribution in [0.2, 0.25) is 0 Å². The van der Waals surface area contributed by atoms with Crippen molar-refractivity contribution in [1.82, 2.24) is 5.43 Å². The Bertz CT molecular complexity index is 826. The molecule has 0 aromatic heterocycles. The lowest BCUT2D eigenvalue weighted by Gasteiger charge is -2.12. The maximum absolute atomic E-state index is 12.8. The summed E-state index contributed by atoms with van der Waals surface area (Å²) < 4.78 is 38.5. The van der Waals surface area contributed by atoms with Gasteiger partial charge in [-0.1, -0.05) is 19.1 Å². The molecule has 144 valence electrons. The normalized spacial score (nSPS) is 12.4. The molecule has 2 N–H and O–H groups in total. The van der Waals surface area contributed by atoms with E-state index in [4.69, 9.17) is 0 Å². The second-order valence-electron chi connectivity index (χ2n) is 5.90. The minimum Gasteiger partial charge on any atom is -0.356 e. The third-order valence-corrected chi connectivity index (χ3v) is 3.83. The zero-order valence-corrected chi connectivity index (χ0v) is 15.6. The number of benzene rings is 2. The minimum absolute atomic E-state index is 0.390. The van der Waals surface area contributed by atoms with E-state index in [1.54, 1.807) is 12.3 Å². The van der Waals surface area contributed by atoms with Gasteiger partial charge in [0, 0.05) is 17.9 Å². The van der Waals surface area contributed by atoms with Gasteiger partial charge in [-0.05, 0) is 61.7 Å². The van der Waals surface area contributed by atoms with Crippen LogP contribution in [0.15, 0.2) is 52.6 Å². The number of aliphatic imine (C=N–C) groups is 1. The SMILES string of the molecule is CCN=C(C)N/N=C/c1ccc(Nc2cccc(C(F)(F)F)c2)cc1CC. The van der Waals surface area contributed by atoms with Crippen LogP contribution in [0.1, 0.15) is 37.5 Å². The molecule has 0 unspecified atom stereocenters. The van der Waals surface area contributed by atoms with Crippen molar-refractivity contribution in [3.8, 4) is 0 Å². The van der Waals surface area contributed by atoms with Crippen molar-refractivity contribution in [3.05, 3.63) is 59.2 Å². The number of amidine groups is 1. The van der Waals surface area contributed by atoms with Gasteiger partial charge >= 0.3 is 6.18 Å². The van der Waals surface area contributed by atoms with E-state index in [2.05, 4.69) is 20.8 Å². The number of hydrogen-bond acceptors (Lipinski definition) is 3. The summed E-state index contributed by atoms with van der Waals surface area (Å²) in [5.41, 5.74) is 5.25. The van der Waals surface area contributed by atoms with E-state index in [1.807, 2.05) is 39.0 Å². The largest absolute Gasteiger partial charge is 0.416 e. The molecule has 0 bridgehead atoms. The molecule has 4 nitrogen and oxygen atoms in total. The maximum atomic E-state index is 12.8. The lowest BCUT2D eigenvalue weighted by atomic mass is 10.0. The molecular formula is C20H23F3N4.